The van der Waals surface area contributed by atoms with Gasteiger partial charge in [0.05, 0.1) is 0 Å². The van der Waals surface area contributed by atoms with Crippen molar-refractivity contribution in [2.24, 2.45) is 11.1 Å². The van der Waals surface area contributed by atoms with E-state index >= 15 is 0 Å². The lowest BCUT2D eigenvalue weighted by Crippen LogP contribution is -2.45. The molecular formula is C21H28N2. The minimum atomic E-state index is 0.183. The molecule has 2 nitrogen and oxygen atoms in total. The summed E-state index contributed by atoms with van der Waals surface area (Å²) in [7, 11) is 0. The Balaban J connectivity index is 1.77. The van der Waals surface area contributed by atoms with E-state index in [1.165, 1.54) is 16.7 Å². The van der Waals surface area contributed by atoms with E-state index in [0.29, 0.717) is 6.04 Å². The lowest BCUT2D eigenvalue weighted by molar-refractivity contribution is 0.124. The maximum absolute atomic E-state index is 6.26. The summed E-state index contributed by atoms with van der Waals surface area (Å²) >= 11 is 0. The summed E-state index contributed by atoms with van der Waals surface area (Å²) in [6, 6.07) is 20.1. The summed E-state index contributed by atoms with van der Waals surface area (Å²) in [4.78, 5) is 2.58. The van der Waals surface area contributed by atoms with Crippen molar-refractivity contribution in [1.29, 1.82) is 0 Å². The molecule has 0 saturated heterocycles. The largest absolute Gasteiger partial charge is 0.330 e. The zero-order valence-corrected chi connectivity index (χ0v) is 14.3. The van der Waals surface area contributed by atoms with Gasteiger partial charge < -0.3 is 5.73 Å². The van der Waals surface area contributed by atoms with Gasteiger partial charge in [-0.2, -0.15) is 0 Å². The second-order valence-electron chi connectivity index (χ2n) is 7.31. The van der Waals surface area contributed by atoms with Crippen molar-refractivity contribution in [3.63, 3.8) is 0 Å². The van der Waals surface area contributed by atoms with Crippen molar-refractivity contribution in [1.82, 2.24) is 4.90 Å². The highest BCUT2D eigenvalue weighted by Crippen LogP contribution is 2.37. The third-order valence-electron chi connectivity index (χ3n) is 5.18. The number of fused-ring (bicyclic) bond motifs is 1. The molecule has 0 fully saturated rings. The Morgan fingerprint density at radius 1 is 0.957 bits per heavy atom. The summed E-state index contributed by atoms with van der Waals surface area (Å²) in [5.41, 5.74) is 10.8. The van der Waals surface area contributed by atoms with Crippen molar-refractivity contribution in [3.8, 4) is 0 Å². The maximum atomic E-state index is 6.26. The Morgan fingerprint density at radius 2 is 1.52 bits per heavy atom. The van der Waals surface area contributed by atoms with Crippen molar-refractivity contribution in [2.75, 3.05) is 13.1 Å². The van der Waals surface area contributed by atoms with Crippen LogP contribution in [0, 0.1) is 5.41 Å². The van der Waals surface area contributed by atoms with Gasteiger partial charge in [-0.05, 0) is 49.9 Å². The standard InChI is InChI=1S/C21H28N2/c1-17(2)23(14-18-8-4-3-5-9-18)16-21(15-22)12-19-10-6-7-11-20(19)13-21/h3-11,17H,12-16,22H2,1-2H3. The SMILES string of the molecule is CC(C)N(Cc1ccccc1)CC1(CN)Cc2ccccc2C1. The molecule has 0 saturated carbocycles. The molecule has 0 heterocycles. The molecular weight excluding hydrogens is 280 g/mol. The number of nitrogens with two attached hydrogens (primary N) is 1. The molecule has 2 N–H and O–H groups in total. The lowest BCUT2D eigenvalue weighted by Gasteiger charge is -2.37. The Kier molecular flexibility index (Phi) is 4.84. The molecule has 1 aliphatic rings. The molecule has 0 unspecified atom stereocenters. The van der Waals surface area contributed by atoms with Gasteiger partial charge in [-0.1, -0.05) is 54.6 Å². The van der Waals surface area contributed by atoms with Gasteiger partial charge in [0.2, 0.25) is 0 Å². The second-order valence-corrected chi connectivity index (χ2v) is 7.31. The lowest BCUT2D eigenvalue weighted by atomic mass is 9.83. The smallest absolute Gasteiger partial charge is 0.0236 e. The van der Waals surface area contributed by atoms with Gasteiger partial charge in [0.15, 0.2) is 0 Å². The van der Waals surface area contributed by atoms with E-state index < -0.39 is 0 Å². The van der Waals surface area contributed by atoms with Gasteiger partial charge in [0, 0.05) is 24.5 Å². The monoisotopic (exact) mass is 308 g/mol. The average molecular weight is 308 g/mol. The van der Waals surface area contributed by atoms with E-state index in [1.807, 2.05) is 0 Å². The van der Waals surface area contributed by atoms with Crippen LogP contribution in [-0.2, 0) is 19.4 Å². The van der Waals surface area contributed by atoms with Crippen LogP contribution in [0.3, 0.4) is 0 Å². The fourth-order valence-electron chi connectivity index (χ4n) is 3.76. The van der Waals surface area contributed by atoms with E-state index in [-0.39, 0.29) is 5.41 Å². The number of benzene rings is 2. The van der Waals surface area contributed by atoms with E-state index in [0.717, 1.165) is 32.5 Å². The molecule has 0 amide bonds. The molecule has 122 valence electrons. The summed E-state index contributed by atoms with van der Waals surface area (Å²) in [5.74, 6) is 0. The minimum Gasteiger partial charge on any atom is -0.330 e. The molecule has 2 aromatic carbocycles. The molecule has 0 radical (unpaired) electrons. The molecule has 0 spiro atoms. The zero-order valence-electron chi connectivity index (χ0n) is 14.3. The Bertz CT molecular complexity index is 608. The summed E-state index contributed by atoms with van der Waals surface area (Å²) in [6.07, 6.45) is 2.22. The number of nitrogens with zero attached hydrogens (tertiary/aromatic N) is 1. The van der Waals surface area contributed by atoms with E-state index in [2.05, 4.69) is 73.3 Å². The van der Waals surface area contributed by atoms with Crippen LogP contribution in [0.1, 0.15) is 30.5 Å². The number of hydrogen-bond donors (Lipinski definition) is 1. The normalized spacial score (nSPS) is 16.0. The first-order valence-electron chi connectivity index (χ1n) is 8.67. The minimum absolute atomic E-state index is 0.183. The van der Waals surface area contributed by atoms with Crippen molar-refractivity contribution in [3.05, 3.63) is 71.3 Å². The Labute approximate surface area is 140 Å². The first-order chi connectivity index (χ1) is 11.1. The molecule has 1 aliphatic carbocycles. The van der Waals surface area contributed by atoms with Crippen LogP contribution in [-0.4, -0.2) is 24.0 Å². The van der Waals surface area contributed by atoms with Gasteiger partial charge in [-0.25, -0.2) is 0 Å². The molecule has 0 bridgehead atoms. The Hall–Kier alpha value is -1.64. The zero-order chi connectivity index (χ0) is 16.3. The number of hydrogen-bond acceptors (Lipinski definition) is 2. The van der Waals surface area contributed by atoms with E-state index in [1.54, 1.807) is 0 Å². The quantitative estimate of drug-likeness (QED) is 0.883. The predicted molar refractivity (Wildman–Crippen MR) is 97.3 cm³/mol. The Morgan fingerprint density at radius 3 is 2.04 bits per heavy atom. The van der Waals surface area contributed by atoms with Gasteiger partial charge >= 0.3 is 0 Å². The fourth-order valence-corrected chi connectivity index (χ4v) is 3.76. The van der Waals surface area contributed by atoms with Crippen LogP contribution in [0.2, 0.25) is 0 Å². The van der Waals surface area contributed by atoms with Crippen molar-refractivity contribution in [2.45, 2.75) is 39.3 Å². The van der Waals surface area contributed by atoms with Gasteiger partial charge in [0.1, 0.15) is 0 Å². The van der Waals surface area contributed by atoms with Crippen LogP contribution in [0.4, 0.5) is 0 Å². The van der Waals surface area contributed by atoms with Gasteiger partial charge in [-0.3, -0.25) is 4.90 Å². The molecule has 2 heteroatoms. The summed E-state index contributed by atoms with van der Waals surface area (Å²) < 4.78 is 0. The van der Waals surface area contributed by atoms with E-state index in [9.17, 15) is 0 Å². The van der Waals surface area contributed by atoms with E-state index in [4.69, 9.17) is 5.73 Å². The third-order valence-corrected chi connectivity index (χ3v) is 5.18. The van der Waals surface area contributed by atoms with Crippen LogP contribution in [0.15, 0.2) is 54.6 Å². The van der Waals surface area contributed by atoms with Crippen molar-refractivity contribution < 1.29 is 0 Å². The molecule has 3 rings (SSSR count). The number of rotatable bonds is 6. The third kappa shape index (κ3) is 3.65. The van der Waals surface area contributed by atoms with Crippen LogP contribution >= 0.6 is 0 Å². The highest BCUT2D eigenvalue weighted by atomic mass is 15.2. The average Bonchev–Trinajstić information content (AvgIpc) is 2.94. The summed E-state index contributed by atoms with van der Waals surface area (Å²) in [6.45, 7) is 7.38. The first kappa shape index (κ1) is 16.2. The molecule has 2 aromatic rings. The molecule has 0 aromatic heterocycles. The van der Waals surface area contributed by atoms with Gasteiger partial charge in [0.25, 0.3) is 0 Å². The van der Waals surface area contributed by atoms with Crippen molar-refractivity contribution >= 4 is 0 Å². The molecule has 0 atom stereocenters. The van der Waals surface area contributed by atoms with Crippen LogP contribution in [0.25, 0.3) is 0 Å². The summed E-state index contributed by atoms with van der Waals surface area (Å²) in [5, 5.41) is 0. The topological polar surface area (TPSA) is 29.3 Å². The molecule has 23 heavy (non-hydrogen) atoms. The maximum Gasteiger partial charge on any atom is 0.0236 e. The van der Waals surface area contributed by atoms with Crippen LogP contribution in [0.5, 0.6) is 0 Å². The second kappa shape index (κ2) is 6.86. The highest BCUT2D eigenvalue weighted by Gasteiger charge is 2.37. The highest BCUT2D eigenvalue weighted by molar-refractivity contribution is 5.34. The molecule has 0 aliphatic heterocycles. The fraction of sp³-hybridized carbons (Fsp3) is 0.429. The van der Waals surface area contributed by atoms with Gasteiger partial charge in [-0.15, -0.1) is 0 Å². The predicted octanol–water partition coefficient (Wildman–Crippen LogP) is 3.64. The van der Waals surface area contributed by atoms with Crippen LogP contribution < -0.4 is 5.73 Å². The first-order valence-corrected chi connectivity index (χ1v) is 8.67.